The highest BCUT2D eigenvalue weighted by molar-refractivity contribution is 7.98. The van der Waals surface area contributed by atoms with Crippen molar-refractivity contribution in [2.24, 2.45) is 7.05 Å². The third kappa shape index (κ3) is 2.83. The molecule has 0 N–H and O–H groups in total. The number of pyridine rings is 1. The van der Waals surface area contributed by atoms with Crippen LogP contribution in [0.15, 0.2) is 66.0 Å². The number of aromatic nitrogens is 7. The van der Waals surface area contributed by atoms with Gasteiger partial charge in [0.05, 0.1) is 16.7 Å². The minimum absolute atomic E-state index is 0.637. The summed E-state index contributed by atoms with van der Waals surface area (Å²) in [6.07, 6.45) is 1.92. The monoisotopic (exact) mass is 373 g/mol. The van der Waals surface area contributed by atoms with Crippen LogP contribution in [-0.4, -0.2) is 34.7 Å². The van der Waals surface area contributed by atoms with Crippen molar-refractivity contribution in [1.82, 2.24) is 34.7 Å². The minimum Gasteiger partial charge on any atom is -0.260 e. The lowest BCUT2D eigenvalue weighted by Gasteiger charge is -2.07. The van der Waals surface area contributed by atoms with Crippen LogP contribution >= 0.6 is 11.8 Å². The van der Waals surface area contributed by atoms with Crippen molar-refractivity contribution in [2.45, 2.75) is 10.9 Å². The van der Waals surface area contributed by atoms with Crippen LogP contribution < -0.4 is 0 Å². The smallest absolute Gasteiger partial charge is 0.256 e. The zero-order valence-corrected chi connectivity index (χ0v) is 15.3. The first-order chi connectivity index (χ1) is 13.3. The van der Waals surface area contributed by atoms with Gasteiger partial charge in [0, 0.05) is 24.4 Å². The number of para-hydroxylation sites is 2. The molecule has 8 heteroatoms. The molecule has 5 rings (SSSR count). The number of tetrazole rings is 1. The predicted molar refractivity (Wildman–Crippen MR) is 105 cm³/mol. The van der Waals surface area contributed by atoms with Crippen LogP contribution in [0.1, 0.15) is 5.69 Å². The summed E-state index contributed by atoms with van der Waals surface area (Å²) in [5.41, 5.74) is 2.90. The van der Waals surface area contributed by atoms with Crippen LogP contribution in [0.25, 0.3) is 27.8 Å². The number of aryl methyl sites for hydroxylation is 1. The highest BCUT2D eigenvalue weighted by atomic mass is 32.2. The Labute approximate surface area is 159 Å². The van der Waals surface area contributed by atoms with Crippen LogP contribution in [0, 0.1) is 0 Å². The van der Waals surface area contributed by atoms with Gasteiger partial charge in [-0.15, -0.1) is 0 Å². The van der Waals surface area contributed by atoms with E-state index in [2.05, 4.69) is 38.7 Å². The minimum atomic E-state index is 0.637. The Morgan fingerprint density at radius 2 is 1.81 bits per heavy atom. The van der Waals surface area contributed by atoms with E-state index in [0.717, 1.165) is 27.3 Å². The van der Waals surface area contributed by atoms with Gasteiger partial charge in [-0.1, -0.05) is 53.3 Å². The highest BCUT2D eigenvalue weighted by Gasteiger charge is 2.17. The van der Waals surface area contributed by atoms with Crippen LogP contribution in [-0.2, 0) is 12.8 Å². The zero-order chi connectivity index (χ0) is 18.2. The first kappa shape index (κ1) is 16.0. The van der Waals surface area contributed by atoms with Crippen molar-refractivity contribution in [3.63, 3.8) is 0 Å². The summed E-state index contributed by atoms with van der Waals surface area (Å²) in [4.78, 5) is 9.36. The zero-order valence-electron chi connectivity index (χ0n) is 14.5. The molecular formula is C19H15N7S. The van der Waals surface area contributed by atoms with Gasteiger partial charge in [-0.25, -0.2) is 9.67 Å². The van der Waals surface area contributed by atoms with E-state index in [1.807, 2.05) is 54.2 Å². The van der Waals surface area contributed by atoms with Gasteiger partial charge < -0.3 is 0 Å². The molecule has 0 aliphatic rings. The Balaban J connectivity index is 1.53. The lowest BCUT2D eigenvalue weighted by molar-refractivity contribution is 0.682. The fourth-order valence-corrected chi connectivity index (χ4v) is 3.96. The standard InChI is InChI=1S/C19H15N7S/c1-25-18(22-23-24-25)26-17-9-5-4-8-16(17)21-19(26)27-12-15-10-13-6-2-3-7-14(13)11-20-15/h2-11H,12H2,1H3. The molecule has 0 saturated carbocycles. The number of hydrogen-bond acceptors (Lipinski definition) is 6. The van der Waals surface area contributed by atoms with Gasteiger partial charge in [0.2, 0.25) is 0 Å². The Hall–Kier alpha value is -3.26. The lowest BCUT2D eigenvalue weighted by Crippen LogP contribution is -2.05. The first-order valence-electron chi connectivity index (χ1n) is 8.46. The number of hydrogen-bond donors (Lipinski definition) is 0. The summed E-state index contributed by atoms with van der Waals surface area (Å²) in [6, 6.07) is 18.3. The summed E-state index contributed by atoms with van der Waals surface area (Å²) < 4.78 is 3.63. The van der Waals surface area contributed by atoms with Gasteiger partial charge in [-0.3, -0.25) is 9.55 Å². The Kier molecular flexibility index (Phi) is 3.83. The van der Waals surface area contributed by atoms with Crippen molar-refractivity contribution >= 4 is 33.6 Å². The molecule has 7 nitrogen and oxygen atoms in total. The SMILES string of the molecule is Cn1nnnc1-n1c(SCc2cc3ccccc3cn2)nc2ccccc21. The van der Waals surface area contributed by atoms with Crippen molar-refractivity contribution < 1.29 is 0 Å². The normalized spacial score (nSPS) is 11.4. The topological polar surface area (TPSA) is 74.3 Å². The van der Waals surface area contributed by atoms with E-state index in [1.54, 1.807) is 16.4 Å². The van der Waals surface area contributed by atoms with E-state index in [-0.39, 0.29) is 0 Å². The second-order valence-corrected chi connectivity index (χ2v) is 7.07. The van der Waals surface area contributed by atoms with Crippen molar-refractivity contribution in [3.05, 3.63) is 66.5 Å². The lowest BCUT2D eigenvalue weighted by atomic mass is 10.1. The van der Waals surface area contributed by atoms with E-state index in [9.17, 15) is 0 Å². The molecule has 0 atom stereocenters. The summed E-state index contributed by atoms with van der Waals surface area (Å²) in [6.45, 7) is 0. The number of nitrogens with zero attached hydrogens (tertiary/aromatic N) is 7. The van der Waals surface area contributed by atoms with Gasteiger partial charge in [-0.2, -0.15) is 0 Å². The molecule has 0 aliphatic heterocycles. The van der Waals surface area contributed by atoms with E-state index in [1.165, 1.54) is 5.39 Å². The van der Waals surface area contributed by atoms with Crippen LogP contribution in [0.4, 0.5) is 0 Å². The second-order valence-electron chi connectivity index (χ2n) is 6.13. The van der Waals surface area contributed by atoms with Gasteiger partial charge in [0.25, 0.3) is 5.95 Å². The van der Waals surface area contributed by atoms with E-state index in [0.29, 0.717) is 11.7 Å². The molecule has 0 amide bonds. The average Bonchev–Trinajstić information content (AvgIpc) is 3.28. The maximum Gasteiger partial charge on any atom is 0.256 e. The molecule has 2 aromatic carbocycles. The molecule has 5 aromatic rings. The van der Waals surface area contributed by atoms with Gasteiger partial charge in [0.1, 0.15) is 0 Å². The predicted octanol–water partition coefficient (Wildman–Crippen LogP) is 3.39. The molecule has 0 fully saturated rings. The maximum absolute atomic E-state index is 4.78. The number of imidazole rings is 1. The quantitative estimate of drug-likeness (QED) is 0.450. The Bertz CT molecular complexity index is 1260. The molecule has 0 bridgehead atoms. The molecule has 3 heterocycles. The molecule has 3 aromatic heterocycles. The third-order valence-electron chi connectivity index (χ3n) is 4.36. The summed E-state index contributed by atoms with van der Waals surface area (Å²) in [5.74, 6) is 1.34. The summed E-state index contributed by atoms with van der Waals surface area (Å²) in [7, 11) is 1.82. The van der Waals surface area contributed by atoms with Crippen LogP contribution in [0.5, 0.6) is 0 Å². The second kappa shape index (κ2) is 6.48. The number of rotatable bonds is 4. The van der Waals surface area contributed by atoms with Crippen molar-refractivity contribution in [1.29, 1.82) is 0 Å². The van der Waals surface area contributed by atoms with Crippen molar-refractivity contribution in [3.8, 4) is 5.95 Å². The largest absolute Gasteiger partial charge is 0.260 e. The number of fused-ring (bicyclic) bond motifs is 2. The van der Waals surface area contributed by atoms with E-state index >= 15 is 0 Å². The number of thioether (sulfide) groups is 1. The third-order valence-corrected chi connectivity index (χ3v) is 5.34. The molecule has 0 spiro atoms. The van der Waals surface area contributed by atoms with Crippen LogP contribution in [0.2, 0.25) is 0 Å². The van der Waals surface area contributed by atoms with Gasteiger partial charge >= 0.3 is 0 Å². The molecule has 132 valence electrons. The molecule has 27 heavy (non-hydrogen) atoms. The highest BCUT2D eigenvalue weighted by Crippen LogP contribution is 2.29. The van der Waals surface area contributed by atoms with E-state index in [4.69, 9.17) is 4.98 Å². The van der Waals surface area contributed by atoms with Crippen LogP contribution in [0.3, 0.4) is 0 Å². The maximum atomic E-state index is 4.78. The molecule has 0 saturated heterocycles. The molecule has 0 aliphatic carbocycles. The Morgan fingerprint density at radius 3 is 2.67 bits per heavy atom. The molecular weight excluding hydrogens is 358 g/mol. The fraction of sp³-hybridized carbons (Fsp3) is 0.105. The van der Waals surface area contributed by atoms with E-state index < -0.39 is 0 Å². The average molecular weight is 373 g/mol. The molecule has 0 unspecified atom stereocenters. The fourth-order valence-electron chi connectivity index (χ4n) is 3.05. The van der Waals surface area contributed by atoms with Gasteiger partial charge in [-0.05, 0) is 34.0 Å². The summed E-state index contributed by atoms with van der Waals surface area (Å²) in [5, 5.41) is 15.1. The van der Waals surface area contributed by atoms with Gasteiger partial charge in [0.15, 0.2) is 5.16 Å². The van der Waals surface area contributed by atoms with Crippen molar-refractivity contribution in [2.75, 3.05) is 0 Å². The number of benzene rings is 2. The first-order valence-corrected chi connectivity index (χ1v) is 9.45. The molecule has 0 radical (unpaired) electrons. The summed E-state index contributed by atoms with van der Waals surface area (Å²) >= 11 is 1.62. The Morgan fingerprint density at radius 1 is 1.00 bits per heavy atom.